The molecule has 0 radical (unpaired) electrons. The summed E-state index contributed by atoms with van der Waals surface area (Å²) in [4.78, 5) is 47.7. The normalized spacial score (nSPS) is 33.0. The minimum atomic E-state index is -1.16. The largest absolute Gasteiger partial charge is 0.396 e. The van der Waals surface area contributed by atoms with E-state index in [1.807, 2.05) is 48.0 Å². The first kappa shape index (κ1) is 27.8. The molecule has 4 aliphatic heterocycles. The molecule has 1 spiro atoms. The number of ether oxygens (including phenoxy) is 1. The highest BCUT2D eigenvalue weighted by atomic mass is 16.5. The summed E-state index contributed by atoms with van der Waals surface area (Å²) in [6.45, 7) is 8.97. The van der Waals surface area contributed by atoms with Crippen LogP contribution in [0.4, 0.5) is 0 Å². The van der Waals surface area contributed by atoms with Crippen molar-refractivity contribution in [3.63, 3.8) is 0 Å². The number of carbonyl (C=O) groups is 3. The topological polar surface area (TPSA) is 90.4 Å². The number of carbonyl (C=O) groups excluding carboxylic acids is 3. The minimum Gasteiger partial charge on any atom is -0.396 e. The molecule has 4 heterocycles. The number of fused-ring (bicyclic) bond motifs is 2. The third-order valence-corrected chi connectivity index (χ3v) is 8.56. The van der Waals surface area contributed by atoms with E-state index in [0.717, 1.165) is 51.4 Å². The van der Waals surface area contributed by atoms with Gasteiger partial charge in [-0.15, -0.1) is 0 Å². The Hall–Kier alpha value is -2.19. The zero-order valence-electron chi connectivity index (χ0n) is 22.9. The van der Waals surface area contributed by atoms with Crippen molar-refractivity contribution in [1.29, 1.82) is 0 Å². The molecular weight excluding hydrogens is 470 g/mol. The summed E-state index contributed by atoms with van der Waals surface area (Å²) < 4.78 is 6.85. The smallest absolute Gasteiger partial charge is 0.249 e. The number of unbranched alkanes of at least 4 members (excludes halogenated alkanes) is 5. The summed E-state index contributed by atoms with van der Waals surface area (Å²) in [5.41, 5.74) is -2.11. The number of likely N-dealkylation sites (tertiary alicyclic amines) is 1. The molecule has 0 saturated carbocycles. The summed E-state index contributed by atoms with van der Waals surface area (Å²) in [6.07, 6.45) is 14.9. The molecule has 2 saturated heterocycles. The number of hydrogen-bond donors (Lipinski definition) is 1. The summed E-state index contributed by atoms with van der Waals surface area (Å²) in [6, 6.07) is -0.771. The number of hydrogen-bond acceptors (Lipinski definition) is 5. The molecule has 206 valence electrons. The highest BCUT2D eigenvalue weighted by Crippen LogP contribution is 2.57. The van der Waals surface area contributed by atoms with Gasteiger partial charge in [-0.25, -0.2) is 0 Å². The average Bonchev–Trinajstić information content (AvgIpc) is 3.14. The van der Waals surface area contributed by atoms with Crippen molar-refractivity contribution >= 4 is 17.7 Å². The molecule has 0 aromatic rings. The number of aliphatic hydroxyl groups excluding tert-OH is 1. The van der Waals surface area contributed by atoms with Crippen LogP contribution in [0.1, 0.15) is 72.1 Å². The van der Waals surface area contributed by atoms with E-state index in [-0.39, 0.29) is 24.3 Å². The van der Waals surface area contributed by atoms with E-state index in [2.05, 4.69) is 6.92 Å². The molecule has 0 aromatic carbocycles. The Labute approximate surface area is 221 Å². The molecule has 3 amide bonds. The summed E-state index contributed by atoms with van der Waals surface area (Å²) in [5, 5.41) is 9.13. The second kappa shape index (κ2) is 11.7. The Morgan fingerprint density at radius 3 is 2.19 bits per heavy atom. The molecule has 0 aliphatic carbocycles. The molecule has 8 nitrogen and oxygen atoms in total. The molecular formula is C29H45N3O5. The molecule has 2 fully saturated rings. The van der Waals surface area contributed by atoms with E-state index in [1.165, 1.54) is 0 Å². The molecule has 5 atom stereocenters. The SMILES string of the molecule is CCCCCN1CC=C[C@]23O[C@@]4(C)C=CCN(CCC)C(=O)[C@H]4[C@H]2C(=O)N(CCCCCCO)C3C1=O. The Morgan fingerprint density at radius 2 is 1.49 bits per heavy atom. The van der Waals surface area contributed by atoms with Gasteiger partial charge in [-0.05, 0) is 32.6 Å². The zero-order chi connectivity index (χ0) is 26.6. The fourth-order valence-electron chi connectivity index (χ4n) is 6.83. The Kier molecular flexibility index (Phi) is 8.79. The van der Waals surface area contributed by atoms with Crippen LogP contribution in [0, 0.1) is 11.8 Å². The van der Waals surface area contributed by atoms with Gasteiger partial charge in [0.15, 0.2) is 0 Å². The first-order valence-electron chi connectivity index (χ1n) is 14.4. The predicted molar refractivity (Wildman–Crippen MR) is 142 cm³/mol. The Balaban J connectivity index is 1.71. The maximum absolute atomic E-state index is 14.2. The standard InChI is InChI=1S/C29H45N3O5/c1-4-6-9-17-31-19-13-15-29-23(22-25(34)30(16-5-2)18-12-14-28(22,3)37-29)26(35)32(24(29)27(31)36)20-10-7-8-11-21-33/h12-15,22-24,33H,4-11,16-21H2,1-3H3/t22-,23+,24?,28+,29+/m1/s1. The van der Waals surface area contributed by atoms with Crippen molar-refractivity contribution in [3.05, 3.63) is 24.3 Å². The maximum atomic E-state index is 14.2. The zero-order valence-corrected chi connectivity index (χ0v) is 22.9. The Bertz CT molecular complexity index is 919. The van der Waals surface area contributed by atoms with Gasteiger partial charge in [0, 0.05) is 39.3 Å². The van der Waals surface area contributed by atoms with Crippen LogP contribution in [0.2, 0.25) is 0 Å². The van der Waals surface area contributed by atoms with Gasteiger partial charge in [-0.2, -0.15) is 0 Å². The van der Waals surface area contributed by atoms with Crippen molar-refractivity contribution in [3.8, 4) is 0 Å². The molecule has 4 rings (SSSR count). The highest BCUT2D eigenvalue weighted by Gasteiger charge is 2.74. The summed E-state index contributed by atoms with van der Waals surface area (Å²) >= 11 is 0. The van der Waals surface area contributed by atoms with Gasteiger partial charge in [0.1, 0.15) is 11.6 Å². The molecule has 1 unspecified atom stereocenters. The van der Waals surface area contributed by atoms with Gasteiger partial charge in [0.2, 0.25) is 17.7 Å². The van der Waals surface area contributed by atoms with E-state index in [0.29, 0.717) is 32.7 Å². The average molecular weight is 516 g/mol. The van der Waals surface area contributed by atoms with Gasteiger partial charge in [0.05, 0.1) is 17.4 Å². The monoisotopic (exact) mass is 515 g/mol. The third-order valence-electron chi connectivity index (χ3n) is 8.56. The van der Waals surface area contributed by atoms with Gasteiger partial charge in [-0.1, -0.05) is 63.8 Å². The van der Waals surface area contributed by atoms with Gasteiger partial charge >= 0.3 is 0 Å². The van der Waals surface area contributed by atoms with Crippen molar-refractivity contribution in [2.24, 2.45) is 11.8 Å². The summed E-state index contributed by atoms with van der Waals surface area (Å²) in [5.74, 6) is -1.68. The van der Waals surface area contributed by atoms with Crippen molar-refractivity contribution in [2.45, 2.75) is 89.4 Å². The number of amides is 3. The van der Waals surface area contributed by atoms with E-state index in [9.17, 15) is 14.4 Å². The van der Waals surface area contributed by atoms with Crippen LogP contribution in [-0.4, -0.2) is 94.1 Å². The number of rotatable bonds is 12. The van der Waals surface area contributed by atoms with Crippen molar-refractivity contribution in [2.75, 3.05) is 39.3 Å². The fraction of sp³-hybridized carbons (Fsp3) is 0.759. The highest BCUT2D eigenvalue weighted by molar-refractivity contribution is 6.00. The molecule has 37 heavy (non-hydrogen) atoms. The van der Waals surface area contributed by atoms with E-state index in [1.54, 1.807) is 4.90 Å². The fourth-order valence-corrected chi connectivity index (χ4v) is 6.83. The second-order valence-electron chi connectivity index (χ2n) is 11.2. The van der Waals surface area contributed by atoms with E-state index >= 15 is 0 Å². The van der Waals surface area contributed by atoms with Gasteiger partial charge in [0.25, 0.3) is 0 Å². The van der Waals surface area contributed by atoms with Crippen LogP contribution in [0.5, 0.6) is 0 Å². The summed E-state index contributed by atoms with van der Waals surface area (Å²) in [7, 11) is 0. The predicted octanol–water partition coefficient (Wildman–Crippen LogP) is 2.91. The molecule has 0 aromatic heterocycles. The lowest BCUT2D eigenvalue weighted by molar-refractivity contribution is -0.152. The van der Waals surface area contributed by atoms with E-state index < -0.39 is 29.1 Å². The number of aliphatic hydroxyl groups is 1. The quantitative estimate of drug-likeness (QED) is 0.319. The van der Waals surface area contributed by atoms with Crippen LogP contribution in [-0.2, 0) is 19.1 Å². The molecule has 8 heteroatoms. The molecule has 4 aliphatic rings. The van der Waals surface area contributed by atoms with E-state index in [4.69, 9.17) is 9.84 Å². The second-order valence-corrected chi connectivity index (χ2v) is 11.2. The first-order chi connectivity index (χ1) is 17.8. The van der Waals surface area contributed by atoms with Crippen LogP contribution < -0.4 is 0 Å². The van der Waals surface area contributed by atoms with Crippen LogP contribution >= 0.6 is 0 Å². The third kappa shape index (κ3) is 4.99. The minimum absolute atomic E-state index is 0.0574. The molecule has 1 N–H and O–H groups in total. The molecule has 0 bridgehead atoms. The first-order valence-corrected chi connectivity index (χ1v) is 14.4. The van der Waals surface area contributed by atoms with Gasteiger partial charge in [-0.3, -0.25) is 14.4 Å². The van der Waals surface area contributed by atoms with Crippen LogP contribution in [0.15, 0.2) is 24.3 Å². The lowest BCUT2D eigenvalue weighted by Gasteiger charge is -2.37. The Morgan fingerprint density at radius 1 is 0.811 bits per heavy atom. The van der Waals surface area contributed by atoms with Crippen LogP contribution in [0.25, 0.3) is 0 Å². The maximum Gasteiger partial charge on any atom is 0.249 e. The lowest BCUT2D eigenvalue weighted by atomic mass is 9.74. The van der Waals surface area contributed by atoms with Crippen molar-refractivity contribution in [1.82, 2.24) is 14.7 Å². The van der Waals surface area contributed by atoms with Gasteiger partial charge < -0.3 is 24.5 Å². The van der Waals surface area contributed by atoms with Crippen molar-refractivity contribution < 1.29 is 24.2 Å². The number of nitrogens with zero attached hydrogens (tertiary/aromatic N) is 3. The lowest BCUT2D eigenvalue weighted by Crippen LogP contribution is -2.56. The van der Waals surface area contributed by atoms with Crippen LogP contribution in [0.3, 0.4) is 0 Å².